The molecule has 0 bridgehead atoms. The van der Waals surface area contributed by atoms with E-state index in [9.17, 15) is 0 Å². The van der Waals surface area contributed by atoms with Gasteiger partial charge < -0.3 is 4.74 Å². The van der Waals surface area contributed by atoms with Crippen LogP contribution >= 0.6 is 0 Å². The van der Waals surface area contributed by atoms with Gasteiger partial charge in [-0.15, -0.1) is 0 Å². The molecule has 0 fully saturated rings. The molecule has 0 aliphatic rings. The van der Waals surface area contributed by atoms with Gasteiger partial charge in [-0.3, -0.25) is 5.73 Å². The fraction of sp³-hybridized carbons (Fsp3) is 0.0588. The SMILES string of the molecule is NN[NH+]=C(N)c1ccc(OCc2ccc3ccccc3n2)cc1. The van der Waals surface area contributed by atoms with Gasteiger partial charge >= 0.3 is 0 Å². The van der Waals surface area contributed by atoms with E-state index in [1.165, 1.54) is 0 Å². The van der Waals surface area contributed by atoms with E-state index in [4.69, 9.17) is 16.3 Å². The lowest BCUT2D eigenvalue weighted by atomic mass is 10.2. The maximum Gasteiger partial charge on any atom is 0.297 e. The third-order valence-electron chi connectivity index (χ3n) is 3.41. The van der Waals surface area contributed by atoms with E-state index >= 15 is 0 Å². The predicted octanol–water partition coefficient (Wildman–Crippen LogP) is -0.0220. The van der Waals surface area contributed by atoms with E-state index in [0.717, 1.165) is 27.9 Å². The summed E-state index contributed by atoms with van der Waals surface area (Å²) in [6, 6.07) is 19.4. The number of nitrogens with two attached hydrogens (primary N) is 2. The second-order valence-corrected chi connectivity index (χ2v) is 4.99. The van der Waals surface area contributed by atoms with Crippen LogP contribution in [0.2, 0.25) is 0 Å². The Morgan fingerprint density at radius 2 is 1.83 bits per heavy atom. The first-order valence-corrected chi connectivity index (χ1v) is 7.18. The Kier molecular flexibility index (Phi) is 4.35. The van der Waals surface area contributed by atoms with Crippen LogP contribution in [0.15, 0.2) is 60.7 Å². The summed E-state index contributed by atoms with van der Waals surface area (Å²) in [4.78, 5) is 4.58. The van der Waals surface area contributed by atoms with Gasteiger partial charge in [0.15, 0.2) is 0 Å². The van der Waals surface area contributed by atoms with Crippen LogP contribution < -0.4 is 26.9 Å². The molecule has 6 heteroatoms. The maximum atomic E-state index is 5.79. The largest absolute Gasteiger partial charge is 0.487 e. The van der Waals surface area contributed by atoms with Crippen LogP contribution in [0.5, 0.6) is 5.75 Å². The van der Waals surface area contributed by atoms with Gasteiger partial charge in [-0.05, 0) is 36.4 Å². The number of amidine groups is 1. The highest BCUT2D eigenvalue weighted by atomic mass is 16.5. The molecule has 0 saturated heterocycles. The van der Waals surface area contributed by atoms with Crippen molar-refractivity contribution < 1.29 is 9.84 Å². The number of nitrogens with one attached hydrogen (secondary N) is 2. The van der Waals surface area contributed by atoms with Crippen LogP contribution in [0.4, 0.5) is 0 Å². The van der Waals surface area contributed by atoms with Crippen molar-refractivity contribution in [2.45, 2.75) is 6.61 Å². The molecule has 3 rings (SSSR count). The van der Waals surface area contributed by atoms with E-state index in [1.54, 1.807) is 0 Å². The van der Waals surface area contributed by atoms with Gasteiger partial charge in [-0.25, -0.2) is 10.8 Å². The molecule has 0 aliphatic carbocycles. The standard InChI is InChI=1S/C17H17N5O/c18-17(21-22-19)13-6-9-15(10-7-13)23-11-14-8-5-12-3-1-2-4-16(12)20-14/h1-10,22H,11,19H2,(H2,18,21)/p+1. The molecular weight excluding hydrogens is 290 g/mol. The van der Waals surface area contributed by atoms with E-state index in [0.29, 0.717) is 12.4 Å². The van der Waals surface area contributed by atoms with E-state index in [-0.39, 0.29) is 0 Å². The lowest BCUT2D eigenvalue weighted by molar-refractivity contribution is -0.528. The first-order valence-electron chi connectivity index (χ1n) is 7.18. The number of nitrogen functional groups attached to an aromatic ring is 1. The lowest BCUT2D eigenvalue weighted by Crippen LogP contribution is -2.87. The lowest BCUT2D eigenvalue weighted by Gasteiger charge is -2.07. The van der Waals surface area contributed by atoms with Crippen molar-refractivity contribution in [3.05, 3.63) is 71.9 Å². The number of benzene rings is 2. The Morgan fingerprint density at radius 1 is 1.04 bits per heavy atom. The van der Waals surface area contributed by atoms with Crippen molar-refractivity contribution in [2.24, 2.45) is 11.6 Å². The van der Waals surface area contributed by atoms with Crippen LogP contribution in [0.1, 0.15) is 11.3 Å². The Morgan fingerprint density at radius 3 is 2.61 bits per heavy atom. The Labute approximate surface area is 133 Å². The third kappa shape index (κ3) is 3.56. The van der Waals surface area contributed by atoms with Gasteiger partial charge in [0.05, 0.1) is 16.8 Å². The van der Waals surface area contributed by atoms with E-state index in [2.05, 4.69) is 15.6 Å². The summed E-state index contributed by atoms with van der Waals surface area (Å²) in [6.07, 6.45) is 0. The first kappa shape index (κ1) is 14.8. The zero-order chi connectivity index (χ0) is 16.1. The number of ether oxygens (including phenoxy) is 1. The number of para-hydroxylation sites is 1. The van der Waals surface area contributed by atoms with Crippen molar-refractivity contribution in [2.75, 3.05) is 0 Å². The van der Waals surface area contributed by atoms with Crippen LogP contribution in [0.25, 0.3) is 10.9 Å². The molecule has 2 aromatic carbocycles. The quantitative estimate of drug-likeness (QED) is 0.230. The first-order chi connectivity index (χ1) is 11.3. The second-order valence-electron chi connectivity index (χ2n) is 4.99. The highest BCUT2D eigenvalue weighted by Crippen LogP contribution is 2.15. The van der Waals surface area contributed by atoms with Gasteiger partial charge in [-0.2, -0.15) is 10.6 Å². The molecule has 0 unspecified atom stereocenters. The van der Waals surface area contributed by atoms with Crippen LogP contribution in [-0.2, 0) is 6.61 Å². The number of pyridine rings is 1. The monoisotopic (exact) mass is 308 g/mol. The number of hydrazine groups is 2. The van der Waals surface area contributed by atoms with Crippen molar-refractivity contribution >= 4 is 16.7 Å². The van der Waals surface area contributed by atoms with Crippen molar-refractivity contribution in [1.29, 1.82) is 0 Å². The van der Waals surface area contributed by atoms with Crippen molar-refractivity contribution in [1.82, 2.24) is 10.5 Å². The van der Waals surface area contributed by atoms with Gasteiger partial charge in [0, 0.05) is 5.39 Å². The molecule has 0 spiro atoms. The van der Waals surface area contributed by atoms with Gasteiger partial charge in [0.2, 0.25) is 0 Å². The van der Waals surface area contributed by atoms with Crippen LogP contribution in [-0.4, -0.2) is 10.8 Å². The number of hydrazone groups is 1. The fourth-order valence-electron chi connectivity index (χ4n) is 2.23. The molecule has 1 aromatic heterocycles. The minimum atomic E-state index is 0.409. The molecule has 0 aliphatic heterocycles. The highest BCUT2D eigenvalue weighted by Gasteiger charge is 2.05. The van der Waals surface area contributed by atoms with Crippen molar-refractivity contribution in [3.8, 4) is 5.75 Å². The van der Waals surface area contributed by atoms with Crippen molar-refractivity contribution in [3.63, 3.8) is 0 Å². The number of aromatic nitrogens is 1. The summed E-state index contributed by atoms with van der Waals surface area (Å²) in [5.74, 6) is 6.34. The minimum Gasteiger partial charge on any atom is -0.487 e. The van der Waals surface area contributed by atoms with Gasteiger partial charge in [0.1, 0.15) is 12.4 Å². The molecule has 116 valence electrons. The van der Waals surface area contributed by atoms with Gasteiger partial charge in [-0.1, -0.05) is 24.3 Å². The summed E-state index contributed by atoms with van der Waals surface area (Å²) in [6.45, 7) is 0.409. The second kappa shape index (κ2) is 6.76. The third-order valence-corrected chi connectivity index (χ3v) is 3.41. The molecule has 3 aromatic rings. The zero-order valence-electron chi connectivity index (χ0n) is 12.5. The molecule has 0 saturated carbocycles. The Hall–Kier alpha value is -3.12. The fourth-order valence-corrected chi connectivity index (χ4v) is 2.23. The molecule has 6 nitrogen and oxygen atoms in total. The summed E-state index contributed by atoms with van der Waals surface area (Å²) in [7, 11) is 0. The molecular formula is C17H18N5O+. The number of rotatable bonds is 5. The summed E-state index contributed by atoms with van der Waals surface area (Å²) in [5.41, 5.74) is 10.7. The minimum absolute atomic E-state index is 0.409. The average Bonchev–Trinajstić information content (AvgIpc) is 2.60. The van der Waals surface area contributed by atoms with Crippen LogP contribution in [0, 0.1) is 0 Å². The smallest absolute Gasteiger partial charge is 0.297 e. The summed E-state index contributed by atoms with van der Waals surface area (Å²) >= 11 is 0. The average molecular weight is 308 g/mol. The Balaban J connectivity index is 1.68. The zero-order valence-corrected chi connectivity index (χ0v) is 12.5. The molecule has 0 atom stereocenters. The van der Waals surface area contributed by atoms with E-state index in [1.807, 2.05) is 60.7 Å². The predicted molar refractivity (Wildman–Crippen MR) is 89.1 cm³/mol. The van der Waals surface area contributed by atoms with E-state index < -0.39 is 0 Å². The maximum absolute atomic E-state index is 5.79. The molecule has 1 heterocycles. The molecule has 6 N–H and O–H groups in total. The molecule has 0 amide bonds. The number of nitrogens with zero attached hydrogens (tertiary/aromatic N) is 1. The van der Waals surface area contributed by atoms with Crippen LogP contribution in [0.3, 0.4) is 0 Å². The summed E-state index contributed by atoms with van der Waals surface area (Å²) in [5, 5.41) is 3.75. The molecule has 23 heavy (non-hydrogen) atoms. The topological polar surface area (TPSA) is 100 Å². The Bertz CT molecular complexity index is 830. The normalized spacial score (nSPS) is 11.4. The number of hydrogen-bond donors (Lipinski definition) is 4. The number of hydrogen-bond acceptors (Lipinski definition) is 4. The number of fused-ring (bicyclic) bond motifs is 1. The van der Waals surface area contributed by atoms with Gasteiger partial charge in [0.25, 0.3) is 5.84 Å². The summed E-state index contributed by atoms with van der Waals surface area (Å²) < 4.78 is 5.76. The highest BCUT2D eigenvalue weighted by molar-refractivity contribution is 5.92. The molecule has 0 radical (unpaired) electrons.